The highest BCUT2D eigenvalue weighted by Crippen LogP contribution is 2.27. The molecule has 0 spiro atoms. The van der Waals surface area contributed by atoms with Crippen molar-refractivity contribution >= 4 is 0 Å². The highest BCUT2D eigenvalue weighted by Gasteiger charge is 2.16. The van der Waals surface area contributed by atoms with Crippen molar-refractivity contribution in [3.8, 4) is 12.3 Å². The number of hydrazine groups is 1. The van der Waals surface area contributed by atoms with Crippen LogP contribution in [0.1, 0.15) is 57.8 Å². The summed E-state index contributed by atoms with van der Waals surface area (Å²) in [5.41, 5.74) is 2.91. The van der Waals surface area contributed by atoms with Crippen LogP contribution in [-0.2, 0) is 0 Å². The second-order valence-electron chi connectivity index (χ2n) is 4.70. The lowest BCUT2D eigenvalue weighted by Crippen LogP contribution is -2.36. The Kier molecular flexibility index (Phi) is 6.47. The maximum absolute atomic E-state index is 5.55. The minimum atomic E-state index is 0.421. The van der Waals surface area contributed by atoms with Crippen LogP contribution in [0.25, 0.3) is 0 Å². The standard InChI is InChI=1S/C13H24N2/c1-2-3-10-13(15-14)11-12-8-6-4-5-7-9-12/h1,12-13,15H,3-11,14H2. The first-order chi connectivity index (χ1) is 7.36. The number of rotatable bonds is 5. The predicted octanol–water partition coefficient (Wildman–Crippen LogP) is 2.59. The summed E-state index contributed by atoms with van der Waals surface area (Å²) in [5.74, 6) is 9.10. The fourth-order valence-corrected chi connectivity index (χ4v) is 2.53. The summed E-state index contributed by atoms with van der Waals surface area (Å²) in [5, 5.41) is 0. The van der Waals surface area contributed by atoms with Gasteiger partial charge in [-0.3, -0.25) is 11.3 Å². The molecule has 0 aromatic heterocycles. The number of nitrogens with two attached hydrogens (primary N) is 1. The fraction of sp³-hybridized carbons (Fsp3) is 0.846. The summed E-state index contributed by atoms with van der Waals surface area (Å²) in [6.07, 6.45) is 16.7. The smallest absolute Gasteiger partial charge is 0.0222 e. The summed E-state index contributed by atoms with van der Waals surface area (Å²) in [6, 6.07) is 0.421. The largest absolute Gasteiger partial charge is 0.271 e. The summed E-state index contributed by atoms with van der Waals surface area (Å²) < 4.78 is 0. The van der Waals surface area contributed by atoms with E-state index >= 15 is 0 Å². The molecule has 0 saturated heterocycles. The Morgan fingerprint density at radius 2 is 1.93 bits per heavy atom. The molecule has 1 aliphatic carbocycles. The van der Waals surface area contributed by atoms with Crippen LogP contribution in [0.2, 0.25) is 0 Å². The van der Waals surface area contributed by atoms with Crippen molar-refractivity contribution in [2.24, 2.45) is 11.8 Å². The van der Waals surface area contributed by atoms with Crippen molar-refractivity contribution in [2.45, 2.75) is 63.8 Å². The van der Waals surface area contributed by atoms with E-state index in [2.05, 4.69) is 11.3 Å². The molecule has 1 unspecified atom stereocenters. The van der Waals surface area contributed by atoms with Crippen molar-refractivity contribution in [3.63, 3.8) is 0 Å². The molecule has 0 amide bonds. The molecule has 0 bridgehead atoms. The second kappa shape index (κ2) is 7.73. The van der Waals surface area contributed by atoms with E-state index < -0.39 is 0 Å². The van der Waals surface area contributed by atoms with Gasteiger partial charge >= 0.3 is 0 Å². The van der Waals surface area contributed by atoms with E-state index in [-0.39, 0.29) is 0 Å². The maximum Gasteiger partial charge on any atom is 0.0222 e. The minimum Gasteiger partial charge on any atom is -0.271 e. The van der Waals surface area contributed by atoms with E-state index in [1.54, 1.807) is 0 Å². The summed E-state index contributed by atoms with van der Waals surface area (Å²) in [7, 11) is 0. The first-order valence-electron chi connectivity index (χ1n) is 6.26. The molecule has 0 heterocycles. The van der Waals surface area contributed by atoms with Crippen molar-refractivity contribution in [1.82, 2.24) is 5.43 Å². The van der Waals surface area contributed by atoms with Crippen LogP contribution in [-0.4, -0.2) is 6.04 Å². The minimum absolute atomic E-state index is 0.421. The third kappa shape index (κ3) is 5.20. The molecule has 0 aromatic carbocycles. The first kappa shape index (κ1) is 12.5. The van der Waals surface area contributed by atoms with E-state index in [0.717, 1.165) is 18.8 Å². The Bertz CT molecular complexity index is 187. The Labute approximate surface area is 94.0 Å². The molecule has 1 aliphatic rings. The van der Waals surface area contributed by atoms with Crippen LogP contribution in [0.3, 0.4) is 0 Å². The Balaban J connectivity index is 2.26. The van der Waals surface area contributed by atoms with Gasteiger partial charge in [-0.25, -0.2) is 0 Å². The summed E-state index contributed by atoms with van der Waals surface area (Å²) >= 11 is 0. The molecule has 1 atom stereocenters. The van der Waals surface area contributed by atoms with E-state index in [9.17, 15) is 0 Å². The van der Waals surface area contributed by atoms with Crippen LogP contribution in [0.5, 0.6) is 0 Å². The number of nitrogens with one attached hydrogen (secondary N) is 1. The quantitative estimate of drug-likeness (QED) is 0.315. The van der Waals surface area contributed by atoms with Gasteiger partial charge in [-0.05, 0) is 18.8 Å². The van der Waals surface area contributed by atoms with E-state index in [1.165, 1.54) is 44.9 Å². The molecule has 0 aromatic rings. The molecule has 0 radical (unpaired) electrons. The van der Waals surface area contributed by atoms with Gasteiger partial charge in [0.2, 0.25) is 0 Å². The average Bonchev–Trinajstić information content (AvgIpc) is 2.52. The summed E-state index contributed by atoms with van der Waals surface area (Å²) in [6.45, 7) is 0. The normalized spacial score (nSPS) is 20.5. The number of hydrogen-bond donors (Lipinski definition) is 2. The van der Waals surface area contributed by atoms with Crippen LogP contribution in [0.4, 0.5) is 0 Å². The van der Waals surface area contributed by atoms with Gasteiger partial charge in [-0.2, -0.15) is 0 Å². The van der Waals surface area contributed by atoms with Crippen LogP contribution < -0.4 is 11.3 Å². The van der Waals surface area contributed by atoms with Gasteiger partial charge in [0.25, 0.3) is 0 Å². The van der Waals surface area contributed by atoms with Crippen molar-refractivity contribution in [2.75, 3.05) is 0 Å². The van der Waals surface area contributed by atoms with Gasteiger partial charge in [0.15, 0.2) is 0 Å². The van der Waals surface area contributed by atoms with Crippen molar-refractivity contribution < 1.29 is 0 Å². The van der Waals surface area contributed by atoms with E-state index in [4.69, 9.17) is 12.3 Å². The Morgan fingerprint density at radius 1 is 1.27 bits per heavy atom. The molecule has 86 valence electrons. The van der Waals surface area contributed by atoms with Crippen LogP contribution in [0.15, 0.2) is 0 Å². The van der Waals surface area contributed by atoms with Gasteiger partial charge in [0.05, 0.1) is 0 Å². The van der Waals surface area contributed by atoms with Crippen LogP contribution >= 0.6 is 0 Å². The molecular formula is C13H24N2. The summed E-state index contributed by atoms with van der Waals surface area (Å²) in [4.78, 5) is 0. The zero-order valence-electron chi connectivity index (χ0n) is 9.67. The van der Waals surface area contributed by atoms with Gasteiger partial charge in [0.1, 0.15) is 0 Å². The number of hydrogen-bond acceptors (Lipinski definition) is 2. The average molecular weight is 208 g/mol. The Hall–Kier alpha value is -0.520. The second-order valence-corrected chi connectivity index (χ2v) is 4.70. The number of terminal acetylenes is 1. The molecule has 1 fully saturated rings. The SMILES string of the molecule is C#CCCC(CC1CCCCCC1)NN. The lowest BCUT2D eigenvalue weighted by molar-refractivity contribution is 0.344. The molecule has 2 heteroatoms. The van der Waals surface area contributed by atoms with E-state index in [1.807, 2.05) is 0 Å². The molecule has 1 rings (SSSR count). The predicted molar refractivity (Wildman–Crippen MR) is 65.0 cm³/mol. The topological polar surface area (TPSA) is 38.0 Å². The fourth-order valence-electron chi connectivity index (χ4n) is 2.53. The third-order valence-corrected chi connectivity index (χ3v) is 3.47. The van der Waals surface area contributed by atoms with Crippen LogP contribution in [0, 0.1) is 18.3 Å². The zero-order chi connectivity index (χ0) is 10.9. The highest BCUT2D eigenvalue weighted by molar-refractivity contribution is 4.86. The monoisotopic (exact) mass is 208 g/mol. The van der Waals surface area contributed by atoms with Gasteiger partial charge < -0.3 is 0 Å². The molecule has 2 nitrogen and oxygen atoms in total. The molecule has 3 N–H and O–H groups in total. The zero-order valence-corrected chi connectivity index (χ0v) is 9.67. The lowest BCUT2D eigenvalue weighted by atomic mass is 9.91. The maximum atomic E-state index is 5.55. The van der Waals surface area contributed by atoms with Crippen molar-refractivity contribution in [1.29, 1.82) is 0 Å². The van der Waals surface area contributed by atoms with Gasteiger partial charge in [-0.15, -0.1) is 12.3 Å². The molecule has 1 saturated carbocycles. The highest BCUT2D eigenvalue weighted by atomic mass is 15.2. The molecule has 0 aliphatic heterocycles. The van der Waals surface area contributed by atoms with Crippen molar-refractivity contribution in [3.05, 3.63) is 0 Å². The third-order valence-electron chi connectivity index (χ3n) is 3.47. The lowest BCUT2D eigenvalue weighted by Gasteiger charge is -2.21. The first-order valence-corrected chi connectivity index (χ1v) is 6.26. The molecular weight excluding hydrogens is 184 g/mol. The Morgan fingerprint density at radius 3 is 2.47 bits per heavy atom. The van der Waals surface area contributed by atoms with Gasteiger partial charge in [-0.1, -0.05) is 38.5 Å². The van der Waals surface area contributed by atoms with E-state index in [0.29, 0.717) is 6.04 Å². The van der Waals surface area contributed by atoms with Gasteiger partial charge in [0, 0.05) is 12.5 Å². The molecule has 15 heavy (non-hydrogen) atoms.